The Morgan fingerprint density at radius 2 is 0.758 bits per heavy atom. The van der Waals surface area contributed by atoms with Crippen LogP contribution in [-0.2, 0) is 0 Å². The van der Waals surface area contributed by atoms with Gasteiger partial charge in [-0.25, -0.2) is 19.9 Å². The number of aromatic nitrogens is 7. The maximum atomic E-state index is 6.15. The van der Waals surface area contributed by atoms with Gasteiger partial charge in [0.25, 0.3) is 0 Å². The molecule has 0 spiro atoms. The molecule has 0 aliphatic rings. The molecule has 0 bridgehead atoms. The molecule has 4 heterocycles. The fraction of sp³-hybridized carbons (Fsp3) is 0. The van der Waals surface area contributed by atoms with E-state index < -0.39 is 0 Å². The first-order valence-electron chi connectivity index (χ1n) is 20.5. The van der Waals surface area contributed by atoms with Gasteiger partial charge in [-0.2, -0.15) is 9.97 Å². The summed E-state index contributed by atoms with van der Waals surface area (Å²) in [7, 11) is 0. The summed E-state index contributed by atoms with van der Waals surface area (Å²) < 4.78 is 8.29. The molecule has 0 radical (unpaired) electrons. The molecule has 0 atom stereocenters. The molecule has 0 saturated carbocycles. The fourth-order valence-electron chi connectivity index (χ4n) is 8.41. The van der Waals surface area contributed by atoms with Gasteiger partial charge in [-0.3, -0.25) is 4.57 Å². The Balaban J connectivity index is 1.01. The molecule has 0 aliphatic heterocycles. The number of rotatable bonds is 7. The van der Waals surface area contributed by atoms with Crippen molar-refractivity contribution in [3.8, 4) is 74.0 Å². The Morgan fingerprint density at radius 3 is 1.45 bits per heavy atom. The van der Waals surface area contributed by atoms with Crippen LogP contribution in [0.3, 0.4) is 0 Å². The summed E-state index contributed by atoms with van der Waals surface area (Å²) in [6, 6.07) is 67.7. The van der Waals surface area contributed by atoms with E-state index in [4.69, 9.17) is 34.3 Å². The molecule has 8 heteroatoms. The standard InChI is InChI=1S/C54H33N7O/c1-3-16-34(17-4-1)49-55-51(57-52(56-49)38-30-31-48-44(33-38)42-25-11-14-29-47(42)62-48)37-21-15-20-36(32-37)39-22-7-8-26-43(39)53-58-50(35-18-5-2-6-19-35)59-54(60-53)61-45-27-12-9-23-40(45)41-24-10-13-28-46(41)61/h1-33H. The smallest absolute Gasteiger partial charge is 0.238 e. The highest BCUT2D eigenvalue weighted by atomic mass is 16.3. The number of hydrogen-bond acceptors (Lipinski definition) is 7. The first-order chi connectivity index (χ1) is 30.7. The minimum Gasteiger partial charge on any atom is -0.456 e. The van der Waals surface area contributed by atoms with Gasteiger partial charge in [0.15, 0.2) is 29.1 Å². The number of nitrogens with zero attached hydrogens (tertiary/aromatic N) is 7. The largest absolute Gasteiger partial charge is 0.456 e. The van der Waals surface area contributed by atoms with E-state index in [0.29, 0.717) is 35.1 Å². The molecule has 62 heavy (non-hydrogen) atoms. The van der Waals surface area contributed by atoms with Gasteiger partial charge in [0.1, 0.15) is 11.2 Å². The molecule has 12 rings (SSSR count). The Hall–Kier alpha value is -8.62. The lowest BCUT2D eigenvalue weighted by Gasteiger charge is -2.14. The third-order valence-electron chi connectivity index (χ3n) is 11.3. The summed E-state index contributed by atoms with van der Waals surface area (Å²) in [4.78, 5) is 30.8. The number of para-hydroxylation sites is 3. The molecule has 290 valence electrons. The molecule has 12 aromatic rings. The SMILES string of the molecule is c1ccc(-c2nc(-c3cccc(-c4ccccc4-c4nc(-c5ccccc5)nc(-n5c6ccccc6c6ccccc65)n4)c3)nc(-c3ccc4oc5ccccc5c4c3)n2)cc1. The van der Waals surface area contributed by atoms with Gasteiger partial charge in [-0.1, -0.05) is 158 Å². The number of benzene rings is 8. The third-order valence-corrected chi connectivity index (χ3v) is 11.3. The van der Waals surface area contributed by atoms with Crippen LogP contribution in [0.2, 0.25) is 0 Å². The van der Waals surface area contributed by atoms with Crippen molar-refractivity contribution >= 4 is 43.7 Å². The summed E-state index contributed by atoms with van der Waals surface area (Å²) in [5, 5.41) is 4.33. The minimum atomic E-state index is 0.544. The van der Waals surface area contributed by atoms with E-state index in [2.05, 4.69) is 89.5 Å². The number of hydrogen-bond donors (Lipinski definition) is 0. The first kappa shape index (κ1) is 35.3. The molecule has 0 amide bonds. The highest BCUT2D eigenvalue weighted by Gasteiger charge is 2.20. The second-order valence-corrected chi connectivity index (χ2v) is 15.1. The van der Waals surface area contributed by atoms with Crippen molar-refractivity contribution in [1.29, 1.82) is 0 Å². The average Bonchev–Trinajstić information content (AvgIpc) is 3.90. The summed E-state index contributed by atoms with van der Waals surface area (Å²) in [6.45, 7) is 0. The molecule has 0 unspecified atom stereocenters. The zero-order valence-corrected chi connectivity index (χ0v) is 33.1. The van der Waals surface area contributed by atoms with Gasteiger partial charge in [-0.05, 0) is 53.6 Å². The van der Waals surface area contributed by atoms with E-state index >= 15 is 0 Å². The van der Waals surface area contributed by atoms with Crippen LogP contribution in [0.1, 0.15) is 0 Å². The van der Waals surface area contributed by atoms with Crippen LogP contribution in [0, 0.1) is 0 Å². The zero-order chi connectivity index (χ0) is 41.0. The van der Waals surface area contributed by atoms with Crippen LogP contribution in [0.5, 0.6) is 0 Å². The summed E-state index contributed by atoms with van der Waals surface area (Å²) >= 11 is 0. The fourth-order valence-corrected chi connectivity index (χ4v) is 8.41. The summed E-state index contributed by atoms with van der Waals surface area (Å²) in [5.41, 5.74) is 10.0. The monoisotopic (exact) mass is 795 g/mol. The van der Waals surface area contributed by atoms with Gasteiger partial charge in [0, 0.05) is 49.4 Å². The number of fused-ring (bicyclic) bond motifs is 6. The van der Waals surface area contributed by atoms with E-state index in [0.717, 1.165) is 82.7 Å². The predicted molar refractivity (Wildman–Crippen MR) is 247 cm³/mol. The molecular weight excluding hydrogens is 763 g/mol. The predicted octanol–water partition coefficient (Wildman–Crippen LogP) is 13.1. The lowest BCUT2D eigenvalue weighted by Crippen LogP contribution is -2.06. The second kappa shape index (κ2) is 14.6. The van der Waals surface area contributed by atoms with E-state index in [1.807, 2.05) is 115 Å². The van der Waals surface area contributed by atoms with Crippen LogP contribution in [0.25, 0.3) is 118 Å². The van der Waals surface area contributed by atoms with E-state index in [1.54, 1.807) is 0 Å². The van der Waals surface area contributed by atoms with Crippen molar-refractivity contribution in [3.63, 3.8) is 0 Å². The Kier molecular flexibility index (Phi) is 8.31. The highest BCUT2D eigenvalue weighted by Crippen LogP contribution is 2.37. The Labute approximate surface area is 355 Å². The van der Waals surface area contributed by atoms with Gasteiger partial charge in [0.05, 0.1) is 11.0 Å². The van der Waals surface area contributed by atoms with Gasteiger partial charge in [-0.15, -0.1) is 0 Å². The Morgan fingerprint density at radius 1 is 0.290 bits per heavy atom. The topological polar surface area (TPSA) is 95.4 Å². The second-order valence-electron chi connectivity index (χ2n) is 15.1. The molecular formula is C54H33N7O. The first-order valence-corrected chi connectivity index (χ1v) is 20.5. The van der Waals surface area contributed by atoms with Crippen molar-refractivity contribution in [2.45, 2.75) is 0 Å². The number of furan rings is 1. The molecule has 8 aromatic carbocycles. The molecule has 0 N–H and O–H groups in total. The minimum absolute atomic E-state index is 0.544. The van der Waals surface area contributed by atoms with E-state index in [9.17, 15) is 0 Å². The quantitative estimate of drug-likeness (QED) is 0.158. The molecule has 8 nitrogen and oxygen atoms in total. The lowest BCUT2D eigenvalue weighted by molar-refractivity contribution is 0.669. The van der Waals surface area contributed by atoms with Crippen LogP contribution < -0.4 is 0 Å². The molecule has 0 fully saturated rings. The third kappa shape index (κ3) is 6.09. The normalized spacial score (nSPS) is 11.5. The van der Waals surface area contributed by atoms with Crippen molar-refractivity contribution in [3.05, 3.63) is 200 Å². The van der Waals surface area contributed by atoms with Crippen LogP contribution >= 0.6 is 0 Å². The van der Waals surface area contributed by atoms with Crippen molar-refractivity contribution in [2.24, 2.45) is 0 Å². The average molecular weight is 796 g/mol. The van der Waals surface area contributed by atoms with E-state index in [-0.39, 0.29) is 0 Å². The van der Waals surface area contributed by atoms with E-state index in [1.165, 1.54) is 0 Å². The van der Waals surface area contributed by atoms with Gasteiger partial charge in [0.2, 0.25) is 5.95 Å². The summed E-state index contributed by atoms with van der Waals surface area (Å²) in [5.74, 6) is 3.41. The van der Waals surface area contributed by atoms with Crippen LogP contribution in [0.15, 0.2) is 205 Å². The molecule has 0 aliphatic carbocycles. The van der Waals surface area contributed by atoms with Gasteiger partial charge < -0.3 is 4.42 Å². The van der Waals surface area contributed by atoms with Crippen LogP contribution in [-0.4, -0.2) is 34.5 Å². The summed E-state index contributed by atoms with van der Waals surface area (Å²) in [6.07, 6.45) is 0. The molecule has 4 aromatic heterocycles. The van der Waals surface area contributed by atoms with Crippen LogP contribution in [0.4, 0.5) is 0 Å². The van der Waals surface area contributed by atoms with Crippen molar-refractivity contribution in [1.82, 2.24) is 34.5 Å². The van der Waals surface area contributed by atoms with Crippen molar-refractivity contribution in [2.75, 3.05) is 0 Å². The zero-order valence-electron chi connectivity index (χ0n) is 33.1. The highest BCUT2D eigenvalue weighted by molar-refractivity contribution is 6.09. The molecule has 0 saturated heterocycles. The maximum Gasteiger partial charge on any atom is 0.238 e. The Bertz CT molecular complexity index is 3600. The maximum absolute atomic E-state index is 6.15. The van der Waals surface area contributed by atoms with Crippen molar-refractivity contribution < 1.29 is 4.42 Å². The van der Waals surface area contributed by atoms with Gasteiger partial charge >= 0.3 is 0 Å². The lowest BCUT2D eigenvalue weighted by atomic mass is 9.97.